The Balaban J connectivity index is 2.10. The number of halogens is 2. The summed E-state index contributed by atoms with van der Waals surface area (Å²) < 4.78 is 13.4. The monoisotopic (exact) mass is 286 g/mol. The van der Waals surface area contributed by atoms with E-state index in [0.29, 0.717) is 18.4 Å². The largest absolute Gasteiger partial charge is 0.379 e. The van der Waals surface area contributed by atoms with E-state index in [4.69, 9.17) is 11.6 Å². The Hall–Kier alpha value is -1.36. The number of hydrogen-bond acceptors (Lipinski definition) is 3. The molecule has 1 saturated carbocycles. The zero-order valence-corrected chi connectivity index (χ0v) is 11.4. The van der Waals surface area contributed by atoms with Gasteiger partial charge in [0.1, 0.15) is 11.5 Å². The van der Waals surface area contributed by atoms with E-state index in [9.17, 15) is 14.5 Å². The summed E-state index contributed by atoms with van der Waals surface area (Å²) in [6.45, 7) is 2.83. The predicted molar refractivity (Wildman–Crippen MR) is 73.1 cm³/mol. The van der Waals surface area contributed by atoms with Crippen molar-refractivity contribution in [3.05, 3.63) is 33.1 Å². The Bertz CT molecular complexity index is 496. The lowest BCUT2D eigenvalue weighted by Gasteiger charge is -2.12. The molecule has 1 N–H and O–H groups in total. The smallest absolute Gasteiger partial charge is 0.294 e. The Morgan fingerprint density at radius 2 is 2.26 bits per heavy atom. The molecule has 1 aromatic carbocycles. The highest BCUT2D eigenvalue weighted by Crippen LogP contribution is 2.33. The Morgan fingerprint density at radius 3 is 2.84 bits per heavy atom. The third-order valence-corrected chi connectivity index (χ3v) is 3.91. The summed E-state index contributed by atoms with van der Waals surface area (Å²) in [5, 5.41) is 13.7. The number of anilines is 1. The predicted octanol–water partition coefficient (Wildman–Crippen LogP) is 4.24. The molecule has 6 heteroatoms. The third kappa shape index (κ3) is 3.35. The van der Waals surface area contributed by atoms with E-state index >= 15 is 0 Å². The molecular formula is C13H16ClFN2O2. The topological polar surface area (TPSA) is 55.2 Å². The van der Waals surface area contributed by atoms with Gasteiger partial charge >= 0.3 is 0 Å². The first-order chi connectivity index (χ1) is 8.97. The van der Waals surface area contributed by atoms with Crippen LogP contribution < -0.4 is 5.32 Å². The van der Waals surface area contributed by atoms with Crippen LogP contribution in [0.4, 0.5) is 15.8 Å². The summed E-state index contributed by atoms with van der Waals surface area (Å²) in [5.41, 5.74) is 0.0175. The second kappa shape index (κ2) is 5.74. The van der Waals surface area contributed by atoms with Crippen LogP contribution >= 0.6 is 11.6 Å². The number of hydrogen-bond donors (Lipinski definition) is 1. The fraction of sp³-hybridized carbons (Fsp3) is 0.538. The van der Waals surface area contributed by atoms with Crippen LogP contribution in [0.1, 0.15) is 26.2 Å². The van der Waals surface area contributed by atoms with Crippen LogP contribution in [-0.2, 0) is 0 Å². The molecule has 0 saturated heterocycles. The van der Waals surface area contributed by atoms with Crippen LogP contribution in [0.25, 0.3) is 0 Å². The van der Waals surface area contributed by atoms with Gasteiger partial charge in [-0.1, -0.05) is 24.9 Å². The van der Waals surface area contributed by atoms with E-state index in [0.717, 1.165) is 25.0 Å². The molecule has 0 radical (unpaired) electrons. The maximum atomic E-state index is 13.4. The fourth-order valence-corrected chi connectivity index (χ4v) is 2.75. The molecule has 1 aromatic rings. The molecule has 19 heavy (non-hydrogen) atoms. The van der Waals surface area contributed by atoms with Gasteiger partial charge in [0, 0.05) is 18.7 Å². The summed E-state index contributed by atoms with van der Waals surface area (Å²) in [5.74, 6) is 0.548. The van der Waals surface area contributed by atoms with E-state index in [1.54, 1.807) is 0 Å². The third-order valence-electron chi connectivity index (χ3n) is 3.62. The van der Waals surface area contributed by atoms with Gasteiger partial charge in [0.2, 0.25) is 0 Å². The van der Waals surface area contributed by atoms with Crippen LogP contribution in [0, 0.1) is 27.8 Å². The number of nitrogens with zero attached hydrogens (tertiary/aromatic N) is 1. The van der Waals surface area contributed by atoms with Crippen molar-refractivity contribution in [2.75, 3.05) is 11.9 Å². The molecule has 104 valence electrons. The van der Waals surface area contributed by atoms with Gasteiger partial charge in [-0.3, -0.25) is 10.1 Å². The first-order valence-corrected chi connectivity index (χ1v) is 6.72. The van der Waals surface area contributed by atoms with Crippen molar-refractivity contribution < 1.29 is 9.31 Å². The fourth-order valence-electron chi connectivity index (χ4n) is 2.59. The molecule has 1 fully saturated rings. The molecule has 2 unspecified atom stereocenters. The molecular weight excluding hydrogens is 271 g/mol. The maximum Gasteiger partial charge on any atom is 0.294 e. The quantitative estimate of drug-likeness (QED) is 0.665. The minimum atomic E-state index is -0.644. The average Bonchev–Trinajstić information content (AvgIpc) is 2.76. The van der Waals surface area contributed by atoms with Gasteiger partial charge in [0.25, 0.3) is 5.69 Å². The molecule has 1 aliphatic rings. The Labute approximate surface area is 116 Å². The van der Waals surface area contributed by atoms with Gasteiger partial charge in [0.15, 0.2) is 0 Å². The molecule has 0 heterocycles. The standard InChI is InChI=1S/C13H16ClFN2O2/c1-8-2-3-9(4-8)7-16-12-6-11(15)10(14)5-13(12)17(18)19/h5-6,8-9,16H,2-4,7H2,1H3. The average molecular weight is 287 g/mol. The van der Waals surface area contributed by atoms with Gasteiger partial charge in [0.05, 0.1) is 9.95 Å². The Morgan fingerprint density at radius 1 is 1.53 bits per heavy atom. The number of benzene rings is 1. The van der Waals surface area contributed by atoms with E-state index < -0.39 is 10.7 Å². The lowest BCUT2D eigenvalue weighted by atomic mass is 10.1. The van der Waals surface area contributed by atoms with Crippen molar-refractivity contribution in [2.24, 2.45) is 11.8 Å². The van der Waals surface area contributed by atoms with E-state index in [1.807, 2.05) is 0 Å². The van der Waals surface area contributed by atoms with Crippen LogP contribution in [0.3, 0.4) is 0 Å². The summed E-state index contributed by atoms with van der Waals surface area (Å²) in [6, 6.07) is 2.15. The molecule has 0 amide bonds. The summed E-state index contributed by atoms with van der Waals surface area (Å²) in [7, 11) is 0. The second-order valence-corrected chi connectivity index (χ2v) is 5.61. The van der Waals surface area contributed by atoms with Crippen molar-refractivity contribution in [2.45, 2.75) is 26.2 Å². The second-order valence-electron chi connectivity index (χ2n) is 5.21. The molecule has 0 bridgehead atoms. The molecule has 0 aliphatic heterocycles. The zero-order valence-electron chi connectivity index (χ0n) is 10.7. The molecule has 0 spiro atoms. The lowest BCUT2D eigenvalue weighted by Crippen LogP contribution is -2.12. The van der Waals surface area contributed by atoms with Gasteiger partial charge < -0.3 is 5.32 Å². The van der Waals surface area contributed by atoms with Crippen LogP contribution in [0.2, 0.25) is 5.02 Å². The molecule has 1 aliphatic carbocycles. The van der Waals surface area contributed by atoms with Crippen molar-refractivity contribution in [3.63, 3.8) is 0 Å². The van der Waals surface area contributed by atoms with Gasteiger partial charge in [-0.25, -0.2) is 4.39 Å². The summed E-state index contributed by atoms with van der Waals surface area (Å²) >= 11 is 5.57. The normalized spacial score (nSPS) is 22.5. The lowest BCUT2D eigenvalue weighted by molar-refractivity contribution is -0.384. The molecule has 2 rings (SSSR count). The van der Waals surface area contributed by atoms with Crippen molar-refractivity contribution in [1.29, 1.82) is 0 Å². The van der Waals surface area contributed by atoms with Crippen LogP contribution in [-0.4, -0.2) is 11.5 Å². The highest BCUT2D eigenvalue weighted by molar-refractivity contribution is 6.31. The number of rotatable bonds is 4. The van der Waals surface area contributed by atoms with Crippen molar-refractivity contribution in [3.8, 4) is 0 Å². The van der Waals surface area contributed by atoms with Crippen LogP contribution in [0.5, 0.6) is 0 Å². The minimum absolute atomic E-state index is 0.183. The van der Waals surface area contributed by atoms with Crippen LogP contribution in [0.15, 0.2) is 12.1 Å². The minimum Gasteiger partial charge on any atom is -0.379 e. The number of nitrogens with one attached hydrogen (secondary N) is 1. The highest BCUT2D eigenvalue weighted by Gasteiger charge is 2.23. The first-order valence-electron chi connectivity index (χ1n) is 6.34. The first kappa shape index (κ1) is 14.1. The Kier molecular flexibility index (Phi) is 4.24. The highest BCUT2D eigenvalue weighted by atomic mass is 35.5. The van der Waals surface area contributed by atoms with Gasteiger partial charge in [-0.05, 0) is 24.7 Å². The van der Waals surface area contributed by atoms with E-state index in [2.05, 4.69) is 12.2 Å². The summed E-state index contributed by atoms with van der Waals surface area (Å²) in [4.78, 5) is 10.4. The molecule has 0 aromatic heterocycles. The summed E-state index contributed by atoms with van der Waals surface area (Å²) in [6.07, 6.45) is 3.40. The van der Waals surface area contributed by atoms with Gasteiger partial charge in [-0.2, -0.15) is 0 Å². The van der Waals surface area contributed by atoms with Crippen molar-refractivity contribution in [1.82, 2.24) is 0 Å². The maximum absolute atomic E-state index is 13.4. The van der Waals surface area contributed by atoms with Gasteiger partial charge in [-0.15, -0.1) is 0 Å². The van der Waals surface area contributed by atoms with E-state index in [-0.39, 0.29) is 16.4 Å². The van der Waals surface area contributed by atoms with E-state index in [1.165, 1.54) is 6.42 Å². The number of nitro groups is 1. The van der Waals surface area contributed by atoms with Crippen molar-refractivity contribution >= 4 is 23.0 Å². The SMILES string of the molecule is CC1CCC(CNc2cc(F)c(Cl)cc2[N+](=O)[O-])C1. The zero-order chi connectivity index (χ0) is 14.0. The number of nitro benzene ring substituents is 1. The molecule has 2 atom stereocenters. The molecule has 4 nitrogen and oxygen atoms in total.